The predicted molar refractivity (Wildman–Crippen MR) is 130 cm³/mol. The van der Waals surface area contributed by atoms with Crippen molar-refractivity contribution < 1.29 is 18.4 Å². The fourth-order valence-corrected chi connectivity index (χ4v) is 6.18. The van der Waals surface area contributed by atoms with Gasteiger partial charge in [0.05, 0.1) is 27.0 Å². The summed E-state index contributed by atoms with van der Waals surface area (Å²) in [5.74, 6) is 0.285. The Labute approximate surface area is 204 Å². The van der Waals surface area contributed by atoms with Crippen molar-refractivity contribution in [3.8, 4) is 10.6 Å². The molecule has 1 aromatic carbocycles. The molecule has 0 atom stereocenters. The van der Waals surface area contributed by atoms with E-state index < -0.39 is 0 Å². The Hall–Kier alpha value is -3.79. The number of nitrogens with one attached hydrogen (secondary N) is 1. The molecule has 3 aromatic heterocycles. The monoisotopic (exact) mass is 491 g/mol. The lowest BCUT2D eigenvalue weighted by atomic mass is 9.65. The summed E-state index contributed by atoms with van der Waals surface area (Å²) in [5, 5.41) is 2.94. The molecule has 0 bridgehead atoms. The Morgan fingerprint density at radius 2 is 2.14 bits per heavy atom. The Bertz CT molecular complexity index is 1450. The molecule has 2 fully saturated rings. The number of imidazole rings is 1. The molecule has 0 radical (unpaired) electrons. The number of halogens is 1. The minimum Gasteiger partial charge on any atom is -0.443 e. The number of benzene rings is 1. The second-order valence-corrected chi connectivity index (χ2v) is 10.3. The molecule has 10 heteroatoms. The molecule has 6 rings (SSSR count). The van der Waals surface area contributed by atoms with Crippen molar-refractivity contribution in [3.63, 3.8) is 0 Å². The van der Waals surface area contributed by atoms with E-state index >= 15 is 0 Å². The van der Waals surface area contributed by atoms with Crippen LogP contribution in [0.5, 0.6) is 0 Å². The highest BCUT2D eigenvalue weighted by Gasteiger charge is 2.50. The van der Waals surface area contributed by atoms with Gasteiger partial charge in [0.15, 0.2) is 12.2 Å². The first-order valence-corrected chi connectivity index (χ1v) is 12.2. The van der Waals surface area contributed by atoms with Gasteiger partial charge in [0.1, 0.15) is 5.82 Å². The van der Waals surface area contributed by atoms with Gasteiger partial charge in [-0.15, -0.1) is 11.3 Å². The van der Waals surface area contributed by atoms with Crippen LogP contribution in [0.3, 0.4) is 0 Å². The van der Waals surface area contributed by atoms with Crippen molar-refractivity contribution in [2.45, 2.75) is 25.3 Å². The largest absolute Gasteiger partial charge is 0.443 e. The lowest BCUT2D eigenvalue weighted by Crippen LogP contribution is -2.42. The Morgan fingerprint density at radius 3 is 2.91 bits per heavy atom. The number of rotatable bonds is 5. The molecule has 178 valence electrons. The summed E-state index contributed by atoms with van der Waals surface area (Å²) in [6.45, 7) is 4.99. The number of hydrogen-bond acceptors (Lipinski definition) is 6. The zero-order valence-corrected chi connectivity index (χ0v) is 19.6. The van der Waals surface area contributed by atoms with Gasteiger partial charge in [0.2, 0.25) is 11.9 Å². The summed E-state index contributed by atoms with van der Waals surface area (Å²) < 4.78 is 21.4. The second kappa shape index (κ2) is 8.16. The van der Waals surface area contributed by atoms with Gasteiger partial charge in [-0.3, -0.25) is 14.9 Å². The summed E-state index contributed by atoms with van der Waals surface area (Å²) in [5.41, 5.74) is 1.30. The number of aromatic nitrogens is 3. The molecule has 1 N–H and O–H groups in total. The van der Waals surface area contributed by atoms with Gasteiger partial charge in [-0.2, -0.15) is 0 Å². The quantitative estimate of drug-likeness (QED) is 0.402. The number of oxazole rings is 1. The zero-order chi connectivity index (χ0) is 24.2. The first-order chi connectivity index (χ1) is 16.9. The molecule has 1 saturated carbocycles. The summed E-state index contributed by atoms with van der Waals surface area (Å²) in [7, 11) is 0. The molecule has 1 aliphatic heterocycles. The highest BCUT2D eigenvalue weighted by molar-refractivity contribution is 7.17. The number of likely N-dealkylation sites (tertiary alicyclic amines) is 1. The van der Waals surface area contributed by atoms with Gasteiger partial charge >= 0.3 is 0 Å². The maximum atomic E-state index is 14.2. The molecule has 0 unspecified atom stereocenters. The van der Waals surface area contributed by atoms with Crippen LogP contribution in [0.4, 0.5) is 10.3 Å². The van der Waals surface area contributed by atoms with E-state index in [0.717, 1.165) is 24.1 Å². The maximum absolute atomic E-state index is 14.2. The number of fused-ring (bicyclic) bond motifs is 1. The summed E-state index contributed by atoms with van der Waals surface area (Å²) >= 11 is 1.29. The first-order valence-electron chi connectivity index (χ1n) is 11.3. The van der Waals surface area contributed by atoms with Crippen LogP contribution in [0.25, 0.3) is 21.7 Å². The molecule has 2 aliphatic rings. The van der Waals surface area contributed by atoms with E-state index in [9.17, 15) is 14.0 Å². The fourth-order valence-electron chi connectivity index (χ4n) is 5.32. The standard InChI is InChI=1S/C25H22FN5O3S/c1-2-22(32)30-8-7-25(13-30)10-16(11-25)31-18-9-15(26)3-4-17(18)28-24(31)29-23(33)21-6-5-20(35-21)19-12-27-14-34-19/h2-6,9,12,14,16H,1,7-8,10-11,13H2,(H,28,29,33)/t16-,25-. The fraction of sp³-hybridized carbons (Fsp3) is 0.280. The lowest BCUT2D eigenvalue weighted by molar-refractivity contribution is -0.125. The van der Waals surface area contributed by atoms with E-state index in [0.29, 0.717) is 40.7 Å². The molecule has 4 aromatic rings. The maximum Gasteiger partial charge on any atom is 0.268 e. The van der Waals surface area contributed by atoms with Crippen molar-refractivity contribution >= 4 is 40.1 Å². The van der Waals surface area contributed by atoms with Crippen LogP contribution >= 0.6 is 11.3 Å². The van der Waals surface area contributed by atoms with Crippen LogP contribution < -0.4 is 5.32 Å². The molecule has 35 heavy (non-hydrogen) atoms. The normalized spacial score (nSPS) is 21.4. The Kier molecular flexibility index (Phi) is 5.06. The van der Waals surface area contributed by atoms with Gasteiger partial charge in [0, 0.05) is 19.1 Å². The zero-order valence-electron chi connectivity index (χ0n) is 18.7. The molecule has 1 saturated heterocycles. The van der Waals surface area contributed by atoms with Crippen molar-refractivity contribution in [1.29, 1.82) is 0 Å². The summed E-state index contributed by atoms with van der Waals surface area (Å²) in [6.07, 6.45) is 6.87. The highest BCUT2D eigenvalue weighted by Crippen LogP contribution is 2.55. The summed E-state index contributed by atoms with van der Waals surface area (Å²) in [6, 6.07) is 8.03. The van der Waals surface area contributed by atoms with E-state index in [4.69, 9.17) is 4.42 Å². The van der Waals surface area contributed by atoms with Gasteiger partial charge in [-0.1, -0.05) is 6.58 Å². The van der Waals surface area contributed by atoms with E-state index in [1.54, 1.807) is 18.3 Å². The Balaban J connectivity index is 1.27. The van der Waals surface area contributed by atoms with E-state index in [1.807, 2.05) is 15.5 Å². The van der Waals surface area contributed by atoms with Gasteiger partial charge in [0.25, 0.3) is 5.91 Å². The average molecular weight is 492 g/mol. The van der Waals surface area contributed by atoms with Crippen LogP contribution in [0, 0.1) is 11.2 Å². The van der Waals surface area contributed by atoms with E-state index in [-0.39, 0.29) is 29.1 Å². The molecule has 8 nitrogen and oxygen atoms in total. The predicted octanol–water partition coefficient (Wildman–Crippen LogP) is 4.88. The van der Waals surface area contributed by atoms with Gasteiger partial charge in [-0.25, -0.2) is 14.4 Å². The number of carbonyl (C=O) groups is 2. The third kappa shape index (κ3) is 3.74. The molecule has 1 aliphatic carbocycles. The van der Waals surface area contributed by atoms with Gasteiger partial charge < -0.3 is 13.9 Å². The molecular weight excluding hydrogens is 469 g/mol. The van der Waals surface area contributed by atoms with Crippen LogP contribution in [-0.4, -0.2) is 44.3 Å². The minimum absolute atomic E-state index is 0.0360. The van der Waals surface area contributed by atoms with Crippen LogP contribution in [-0.2, 0) is 4.79 Å². The topological polar surface area (TPSA) is 93.3 Å². The van der Waals surface area contributed by atoms with E-state index in [2.05, 4.69) is 21.9 Å². The van der Waals surface area contributed by atoms with Crippen molar-refractivity contribution in [2.24, 2.45) is 5.41 Å². The average Bonchev–Trinajstić information content (AvgIpc) is 3.62. The summed E-state index contributed by atoms with van der Waals surface area (Å²) in [4.78, 5) is 36.8. The van der Waals surface area contributed by atoms with Crippen LogP contribution in [0.15, 0.2) is 60.0 Å². The van der Waals surface area contributed by atoms with Crippen molar-refractivity contribution in [2.75, 3.05) is 18.4 Å². The number of hydrogen-bond donors (Lipinski definition) is 1. The molecule has 4 heterocycles. The lowest BCUT2D eigenvalue weighted by Gasteiger charge is -2.46. The van der Waals surface area contributed by atoms with Crippen molar-refractivity contribution in [1.82, 2.24) is 19.4 Å². The number of thiophene rings is 1. The van der Waals surface area contributed by atoms with E-state index in [1.165, 1.54) is 35.9 Å². The number of nitrogens with zero attached hydrogens (tertiary/aromatic N) is 4. The number of carbonyl (C=O) groups excluding carboxylic acids is 2. The third-order valence-corrected chi connectivity index (χ3v) is 8.11. The highest BCUT2D eigenvalue weighted by atomic mass is 32.1. The molecule has 1 spiro atoms. The first kappa shape index (κ1) is 21.7. The number of amides is 2. The third-order valence-electron chi connectivity index (χ3n) is 7.01. The van der Waals surface area contributed by atoms with Crippen LogP contribution in [0.1, 0.15) is 35.0 Å². The molecular formula is C25H22FN5O3S. The van der Waals surface area contributed by atoms with Crippen LogP contribution in [0.2, 0.25) is 0 Å². The smallest absolute Gasteiger partial charge is 0.268 e. The SMILES string of the molecule is C=CC(=O)N1CC[C@]2(C1)C[C@H](n1c(NC(=O)c3ccc(-c4cnco4)s3)nc3ccc(F)cc31)C2. The Morgan fingerprint density at radius 1 is 1.29 bits per heavy atom. The second-order valence-electron chi connectivity index (χ2n) is 9.20. The molecule has 2 amide bonds. The van der Waals surface area contributed by atoms with Gasteiger partial charge in [-0.05, 0) is 61.1 Å². The van der Waals surface area contributed by atoms with Crippen molar-refractivity contribution in [3.05, 3.63) is 66.3 Å². The minimum atomic E-state index is -0.357. The number of anilines is 1.